The van der Waals surface area contributed by atoms with E-state index in [2.05, 4.69) is 15.6 Å². The Kier molecular flexibility index (Phi) is 4.94. The lowest BCUT2D eigenvalue weighted by atomic mass is 10.1. The second-order valence-electron chi connectivity index (χ2n) is 5.80. The number of nitrogens with zero attached hydrogens (tertiary/aromatic N) is 2. The smallest absolute Gasteiger partial charge is 0.321 e. The van der Waals surface area contributed by atoms with Crippen molar-refractivity contribution in [2.24, 2.45) is 7.05 Å². The summed E-state index contributed by atoms with van der Waals surface area (Å²) in [7, 11) is 3.05. The molecule has 0 aliphatic carbocycles. The molecule has 0 bridgehead atoms. The van der Waals surface area contributed by atoms with Crippen LogP contribution in [0.3, 0.4) is 0 Å². The molecule has 2 N–H and O–H groups in total. The van der Waals surface area contributed by atoms with E-state index in [9.17, 15) is 14.4 Å². The van der Waals surface area contributed by atoms with E-state index in [1.165, 1.54) is 11.6 Å². The van der Waals surface area contributed by atoms with E-state index in [1.54, 1.807) is 14.0 Å². The Morgan fingerprint density at radius 3 is 2.50 bits per heavy atom. The Balaban J connectivity index is 2.00. The van der Waals surface area contributed by atoms with Gasteiger partial charge in [-0.1, -0.05) is 36.0 Å². The van der Waals surface area contributed by atoms with Crippen molar-refractivity contribution in [3.63, 3.8) is 0 Å². The minimum Gasteiger partial charge on any atom is -0.341 e. The van der Waals surface area contributed by atoms with Crippen LogP contribution >= 0.6 is 11.8 Å². The van der Waals surface area contributed by atoms with Crippen LogP contribution in [-0.4, -0.2) is 33.8 Å². The number of imide groups is 1. The molecule has 0 aliphatic rings. The normalized spacial score (nSPS) is 12.1. The molecule has 0 saturated carbocycles. The van der Waals surface area contributed by atoms with Crippen LogP contribution in [-0.2, 0) is 11.8 Å². The molecule has 3 rings (SSSR count). The van der Waals surface area contributed by atoms with Gasteiger partial charge >= 0.3 is 6.03 Å². The fraction of sp³-hybridized carbons (Fsp3) is 0.222. The summed E-state index contributed by atoms with van der Waals surface area (Å²) in [5, 5.41) is 6.85. The van der Waals surface area contributed by atoms with Crippen LogP contribution in [0, 0.1) is 0 Å². The molecular weight excluding hydrogens is 352 g/mol. The van der Waals surface area contributed by atoms with E-state index in [-0.39, 0.29) is 5.56 Å². The highest BCUT2D eigenvalue weighted by Gasteiger charge is 2.19. The molecule has 2 aromatic carbocycles. The highest BCUT2D eigenvalue weighted by Crippen LogP contribution is 2.24. The third kappa shape index (κ3) is 3.41. The number of carbonyl (C=O) groups is 2. The second kappa shape index (κ2) is 7.17. The molecule has 8 heteroatoms. The van der Waals surface area contributed by atoms with Crippen molar-refractivity contribution in [2.75, 3.05) is 7.05 Å². The summed E-state index contributed by atoms with van der Waals surface area (Å²) in [5.74, 6) is -0.456. The third-order valence-corrected chi connectivity index (χ3v) is 5.16. The van der Waals surface area contributed by atoms with Crippen LogP contribution < -0.4 is 16.2 Å². The number of hydrogen-bond acceptors (Lipinski definition) is 5. The van der Waals surface area contributed by atoms with Gasteiger partial charge in [0.15, 0.2) is 5.16 Å². The van der Waals surface area contributed by atoms with E-state index in [1.807, 2.05) is 36.4 Å². The van der Waals surface area contributed by atoms with Gasteiger partial charge in [0.1, 0.15) is 0 Å². The Labute approximate surface area is 153 Å². The topological polar surface area (TPSA) is 93.1 Å². The molecule has 134 valence electrons. The zero-order valence-corrected chi connectivity index (χ0v) is 15.4. The molecule has 1 aromatic heterocycles. The molecule has 3 amide bonds. The maximum Gasteiger partial charge on any atom is 0.321 e. The number of benzene rings is 2. The average molecular weight is 370 g/mol. The molecule has 1 heterocycles. The highest BCUT2D eigenvalue weighted by molar-refractivity contribution is 8.00. The number of carbonyl (C=O) groups excluding carboxylic acids is 2. The largest absolute Gasteiger partial charge is 0.341 e. The molecule has 7 nitrogen and oxygen atoms in total. The fourth-order valence-corrected chi connectivity index (χ4v) is 3.41. The number of hydrogen-bond donors (Lipinski definition) is 2. The highest BCUT2D eigenvalue weighted by atomic mass is 32.2. The predicted molar refractivity (Wildman–Crippen MR) is 102 cm³/mol. The first-order chi connectivity index (χ1) is 12.4. The molecule has 0 fully saturated rings. The van der Waals surface area contributed by atoms with Crippen LogP contribution in [0.2, 0.25) is 0 Å². The van der Waals surface area contributed by atoms with Crippen molar-refractivity contribution in [1.82, 2.24) is 20.2 Å². The first-order valence-electron chi connectivity index (χ1n) is 7.99. The van der Waals surface area contributed by atoms with E-state index in [0.29, 0.717) is 16.1 Å². The van der Waals surface area contributed by atoms with E-state index >= 15 is 0 Å². The zero-order valence-electron chi connectivity index (χ0n) is 14.6. The van der Waals surface area contributed by atoms with Gasteiger partial charge in [0.05, 0.1) is 16.2 Å². The minimum absolute atomic E-state index is 0.179. The Morgan fingerprint density at radius 1 is 1.19 bits per heavy atom. The van der Waals surface area contributed by atoms with Crippen molar-refractivity contribution < 1.29 is 9.59 Å². The van der Waals surface area contributed by atoms with E-state index in [4.69, 9.17) is 0 Å². The minimum atomic E-state index is -0.594. The summed E-state index contributed by atoms with van der Waals surface area (Å²) in [5.41, 5.74) is 0.398. The number of aromatic nitrogens is 2. The molecule has 1 atom stereocenters. The number of urea groups is 1. The first-order valence-corrected chi connectivity index (χ1v) is 8.87. The standard InChI is InChI=1S/C18H18N4O3S/c1-10(15(23)21-17(25)19-2)26-18-20-14-9-12-7-5-4-6-11(12)8-13(14)16(24)22(18)3/h4-10H,1-3H3,(H2,19,21,23,25)/t10-/m0/s1. The first kappa shape index (κ1) is 17.9. The van der Waals surface area contributed by atoms with Crippen molar-refractivity contribution in [2.45, 2.75) is 17.3 Å². The molecular formula is C18H18N4O3S. The lowest BCUT2D eigenvalue weighted by Gasteiger charge is -2.13. The molecule has 0 spiro atoms. The lowest BCUT2D eigenvalue weighted by molar-refractivity contribution is -0.119. The van der Waals surface area contributed by atoms with Gasteiger partial charge in [0.2, 0.25) is 5.91 Å². The van der Waals surface area contributed by atoms with E-state index < -0.39 is 17.2 Å². The summed E-state index contributed by atoms with van der Waals surface area (Å²) in [6.07, 6.45) is 0. The fourth-order valence-electron chi connectivity index (χ4n) is 2.53. The van der Waals surface area contributed by atoms with Crippen molar-refractivity contribution in [3.05, 3.63) is 46.8 Å². The summed E-state index contributed by atoms with van der Waals surface area (Å²) in [6, 6.07) is 10.9. The Morgan fingerprint density at radius 2 is 1.85 bits per heavy atom. The number of nitrogens with one attached hydrogen (secondary N) is 2. The quantitative estimate of drug-likeness (QED) is 0.418. The molecule has 0 aliphatic heterocycles. The number of rotatable bonds is 3. The van der Waals surface area contributed by atoms with Crippen molar-refractivity contribution in [3.8, 4) is 0 Å². The summed E-state index contributed by atoms with van der Waals surface area (Å²) in [6.45, 7) is 1.65. The lowest BCUT2D eigenvalue weighted by Crippen LogP contribution is -2.41. The third-order valence-electron chi connectivity index (χ3n) is 4.02. The van der Waals surface area contributed by atoms with Crippen LogP contribution in [0.15, 0.2) is 46.3 Å². The SMILES string of the molecule is CNC(=O)NC(=O)[C@H](C)Sc1nc2cc3ccccc3cc2c(=O)n1C. The predicted octanol–water partition coefficient (Wildman–Crippen LogP) is 2.02. The molecule has 3 aromatic rings. The van der Waals surface area contributed by atoms with Crippen LogP contribution in [0.4, 0.5) is 4.79 Å². The number of thioether (sulfide) groups is 1. The van der Waals surface area contributed by atoms with Gasteiger partial charge in [-0.15, -0.1) is 0 Å². The van der Waals surface area contributed by atoms with Gasteiger partial charge in [0, 0.05) is 14.1 Å². The van der Waals surface area contributed by atoms with Gasteiger partial charge in [-0.05, 0) is 29.8 Å². The summed E-state index contributed by atoms with van der Waals surface area (Å²) >= 11 is 1.12. The van der Waals surface area contributed by atoms with Gasteiger partial charge < -0.3 is 5.32 Å². The van der Waals surface area contributed by atoms with Crippen LogP contribution in [0.5, 0.6) is 0 Å². The van der Waals surface area contributed by atoms with Gasteiger partial charge in [-0.3, -0.25) is 19.5 Å². The van der Waals surface area contributed by atoms with Crippen LogP contribution in [0.1, 0.15) is 6.92 Å². The van der Waals surface area contributed by atoms with Crippen molar-refractivity contribution >= 4 is 45.4 Å². The molecule has 0 radical (unpaired) electrons. The monoisotopic (exact) mass is 370 g/mol. The Bertz CT molecular complexity index is 1080. The number of fused-ring (bicyclic) bond motifs is 2. The van der Waals surface area contributed by atoms with Crippen molar-refractivity contribution in [1.29, 1.82) is 0 Å². The average Bonchev–Trinajstić information content (AvgIpc) is 2.64. The second-order valence-corrected chi connectivity index (χ2v) is 7.11. The number of amides is 3. The molecule has 0 unspecified atom stereocenters. The van der Waals surface area contributed by atoms with Gasteiger partial charge in [0.25, 0.3) is 5.56 Å². The summed E-state index contributed by atoms with van der Waals surface area (Å²) in [4.78, 5) is 40.6. The zero-order chi connectivity index (χ0) is 18.8. The van der Waals surface area contributed by atoms with E-state index in [0.717, 1.165) is 22.5 Å². The van der Waals surface area contributed by atoms with Gasteiger partial charge in [-0.2, -0.15) is 0 Å². The molecule has 26 heavy (non-hydrogen) atoms. The van der Waals surface area contributed by atoms with Gasteiger partial charge in [-0.25, -0.2) is 9.78 Å². The summed E-state index contributed by atoms with van der Waals surface area (Å²) < 4.78 is 1.42. The molecule has 0 saturated heterocycles. The maximum atomic E-state index is 12.7. The van der Waals surface area contributed by atoms with Crippen LogP contribution in [0.25, 0.3) is 21.7 Å². The maximum absolute atomic E-state index is 12.7. The Hall–Kier alpha value is -2.87.